The number of pyridine rings is 1. The SMILES string of the molecule is CCOc1cc2c(N(C)C)ccnc2cc1C. The first-order chi connectivity index (χ1) is 8.13. The van der Waals surface area contributed by atoms with Gasteiger partial charge in [-0.05, 0) is 37.6 Å². The molecule has 0 bridgehead atoms. The molecule has 2 rings (SSSR count). The second-order valence-electron chi connectivity index (χ2n) is 4.29. The smallest absolute Gasteiger partial charge is 0.123 e. The number of rotatable bonds is 3. The standard InChI is InChI=1S/C14H18N2O/c1-5-17-14-9-11-12(8-10(14)2)15-7-6-13(11)16(3)4/h6-9H,5H2,1-4H3. The number of aryl methyl sites for hydroxylation is 1. The molecular formula is C14H18N2O. The van der Waals surface area contributed by atoms with Crippen LogP contribution in [0.25, 0.3) is 10.9 Å². The van der Waals surface area contributed by atoms with E-state index < -0.39 is 0 Å². The van der Waals surface area contributed by atoms with Crippen LogP contribution in [0.2, 0.25) is 0 Å². The second-order valence-corrected chi connectivity index (χ2v) is 4.29. The van der Waals surface area contributed by atoms with Crippen LogP contribution >= 0.6 is 0 Å². The summed E-state index contributed by atoms with van der Waals surface area (Å²) in [5.41, 5.74) is 3.30. The number of fused-ring (bicyclic) bond motifs is 1. The average molecular weight is 230 g/mol. The summed E-state index contributed by atoms with van der Waals surface area (Å²) in [6.45, 7) is 4.73. The predicted molar refractivity (Wildman–Crippen MR) is 72.0 cm³/mol. The number of hydrogen-bond acceptors (Lipinski definition) is 3. The zero-order chi connectivity index (χ0) is 12.4. The van der Waals surface area contributed by atoms with Gasteiger partial charge in [0.15, 0.2) is 0 Å². The largest absolute Gasteiger partial charge is 0.494 e. The van der Waals surface area contributed by atoms with E-state index in [1.165, 1.54) is 0 Å². The van der Waals surface area contributed by atoms with Crippen LogP contribution in [0, 0.1) is 6.92 Å². The van der Waals surface area contributed by atoms with Gasteiger partial charge in [0, 0.05) is 31.4 Å². The minimum Gasteiger partial charge on any atom is -0.494 e. The molecule has 0 N–H and O–H groups in total. The fraction of sp³-hybridized carbons (Fsp3) is 0.357. The van der Waals surface area contributed by atoms with E-state index in [9.17, 15) is 0 Å². The summed E-state index contributed by atoms with van der Waals surface area (Å²) in [6, 6.07) is 6.18. The van der Waals surface area contributed by atoms with Gasteiger partial charge in [-0.15, -0.1) is 0 Å². The van der Waals surface area contributed by atoms with E-state index >= 15 is 0 Å². The molecule has 0 fully saturated rings. The van der Waals surface area contributed by atoms with E-state index in [1.807, 2.05) is 33.3 Å². The van der Waals surface area contributed by atoms with Gasteiger partial charge in [0.05, 0.1) is 12.1 Å². The van der Waals surface area contributed by atoms with Gasteiger partial charge in [0.1, 0.15) is 5.75 Å². The average Bonchev–Trinajstić information content (AvgIpc) is 2.29. The zero-order valence-corrected chi connectivity index (χ0v) is 10.8. The topological polar surface area (TPSA) is 25.4 Å². The van der Waals surface area contributed by atoms with E-state index in [1.54, 1.807) is 0 Å². The van der Waals surface area contributed by atoms with Gasteiger partial charge in [-0.2, -0.15) is 0 Å². The van der Waals surface area contributed by atoms with E-state index in [4.69, 9.17) is 4.74 Å². The van der Waals surface area contributed by atoms with Crippen LogP contribution in [0.5, 0.6) is 5.75 Å². The third-order valence-electron chi connectivity index (χ3n) is 2.80. The van der Waals surface area contributed by atoms with Gasteiger partial charge in [-0.25, -0.2) is 0 Å². The molecule has 0 unspecified atom stereocenters. The fourth-order valence-electron chi connectivity index (χ4n) is 1.96. The molecule has 0 spiro atoms. The first-order valence-electron chi connectivity index (χ1n) is 5.83. The van der Waals surface area contributed by atoms with Crippen LogP contribution in [0.15, 0.2) is 24.4 Å². The lowest BCUT2D eigenvalue weighted by Gasteiger charge is -2.16. The molecule has 0 saturated carbocycles. The maximum absolute atomic E-state index is 5.63. The molecule has 1 aromatic heterocycles. The van der Waals surface area contributed by atoms with Gasteiger partial charge >= 0.3 is 0 Å². The van der Waals surface area contributed by atoms with Crippen LogP contribution in [-0.2, 0) is 0 Å². The van der Waals surface area contributed by atoms with E-state index in [2.05, 4.69) is 28.9 Å². The quantitative estimate of drug-likeness (QED) is 0.810. The Morgan fingerprint density at radius 3 is 2.71 bits per heavy atom. The highest BCUT2D eigenvalue weighted by atomic mass is 16.5. The number of ether oxygens (including phenoxy) is 1. The third kappa shape index (κ3) is 2.18. The third-order valence-corrected chi connectivity index (χ3v) is 2.80. The predicted octanol–water partition coefficient (Wildman–Crippen LogP) is 3.01. The Balaban J connectivity index is 2.67. The highest BCUT2D eigenvalue weighted by Gasteiger charge is 2.08. The summed E-state index contributed by atoms with van der Waals surface area (Å²) in [5, 5.41) is 1.13. The lowest BCUT2D eigenvalue weighted by Crippen LogP contribution is -2.09. The van der Waals surface area contributed by atoms with Crippen molar-refractivity contribution >= 4 is 16.6 Å². The van der Waals surface area contributed by atoms with Crippen LogP contribution in [-0.4, -0.2) is 25.7 Å². The Hall–Kier alpha value is -1.77. The Morgan fingerprint density at radius 1 is 1.29 bits per heavy atom. The van der Waals surface area contributed by atoms with Crippen molar-refractivity contribution in [3.8, 4) is 5.75 Å². The van der Waals surface area contributed by atoms with Gasteiger partial charge in [-0.3, -0.25) is 4.98 Å². The van der Waals surface area contributed by atoms with Crippen molar-refractivity contribution in [3.05, 3.63) is 30.0 Å². The van der Waals surface area contributed by atoms with Crippen LogP contribution in [0.4, 0.5) is 5.69 Å². The summed E-state index contributed by atoms with van der Waals surface area (Å²) in [6.07, 6.45) is 1.84. The summed E-state index contributed by atoms with van der Waals surface area (Å²) in [5.74, 6) is 0.941. The highest BCUT2D eigenvalue weighted by molar-refractivity contribution is 5.93. The Morgan fingerprint density at radius 2 is 2.06 bits per heavy atom. The number of anilines is 1. The monoisotopic (exact) mass is 230 g/mol. The van der Waals surface area contributed by atoms with Gasteiger partial charge in [0.25, 0.3) is 0 Å². The molecule has 1 aromatic carbocycles. The van der Waals surface area contributed by atoms with Gasteiger partial charge < -0.3 is 9.64 Å². The molecule has 1 heterocycles. The van der Waals surface area contributed by atoms with E-state index in [0.29, 0.717) is 6.61 Å². The zero-order valence-electron chi connectivity index (χ0n) is 10.8. The molecule has 0 amide bonds. The lowest BCUT2D eigenvalue weighted by atomic mass is 10.1. The van der Waals surface area contributed by atoms with Crippen LogP contribution in [0.1, 0.15) is 12.5 Å². The number of hydrogen-bond donors (Lipinski definition) is 0. The molecule has 0 saturated heterocycles. The van der Waals surface area contributed by atoms with Crippen molar-refractivity contribution in [1.82, 2.24) is 4.98 Å². The van der Waals surface area contributed by atoms with Crippen molar-refractivity contribution < 1.29 is 4.74 Å². The Labute approximate surface area is 102 Å². The summed E-state index contributed by atoms with van der Waals surface area (Å²) < 4.78 is 5.63. The normalized spacial score (nSPS) is 10.6. The van der Waals surface area contributed by atoms with E-state index in [0.717, 1.165) is 27.9 Å². The molecule has 0 atom stereocenters. The first-order valence-corrected chi connectivity index (χ1v) is 5.83. The maximum atomic E-state index is 5.63. The van der Waals surface area contributed by atoms with Crippen molar-refractivity contribution in [2.75, 3.05) is 25.6 Å². The van der Waals surface area contributed by atoms with Crippen molar-refractivity contribution in [2.45, 2.75) is 13.8 Å². The molecule has 0 aliphatic heterocycles. The molecule has 90 valence electrons. The minimum atomic E-state index is 0.684. The fourth-order valence-corrected chi connectivity index (χ4v) is 1.96. The second kappa shape index (κ2) is 4.62. The highest BCUT2D eigenvalue weighted by Crippen LogP contribution is 2.30. The summed E-state index contributed by atoms with van der Waals surface area (Å²) >= 11 is 0. The summed E-state index contributed by atoms with van der Waals surface area (Å²) in [7, 11) is 4.07. The van der Waals surface area contributed by atoms with Crippen molar-refractivity contribution in [3.63, 3.8) is 0 Å². The van der Waals surface area contributed by atoms with Gasteiger partial charge in [0.2, 0.25) is 0 Å². The minimum absolute atomic E-state index is 0.684. The first kappa shape index (κ1) is 11.7. The maximum Gasteiger partial charge on any atom is 0.123 e. The molecule has 3 heteroatoms. The van der Waals surface area contributed by atoms with Crippen molar-refractivity contribution in [2.24, 2.45) is 0 Å². The Kier molecular flexibility index (Phi) is 3.18. The van der Waals surface area contributed by atoms with E-state index in [-0.39, 0.29) is 0 Å². The molecule has 0 aliphatic rings. The van der Waals surface area contributed by atoms with Crippen LogP contribution in [0.3, 0.4) is 0 Å². The molecule has 0 radical (unpaired) electrons. The van der Waals surface area contributed by atoms with Crippen molar-refractivity contribution in [1.29, 1.82) is 0 Å². The molecular weight excluding hydrogens is 212 g/mol. The molecule has 0 aliphatic carbocycles. The number of aromatic nitrogens is 1. The Bertz CT molecular complexity index is 535. The molecule has 17 heavy (non-hydrogen) atoms. The summed E-state index contributed by atoms with van der Waals surface area (Å²) in [4.78, 5) is 6.50. The lowest BCUT2D eigenvalue weighted by molar-refractivity contribution is 0.338. The molecule has 2 aromatic rings. The number of nitrogens with zero attached hydrogens (tertiary/aromatic N) is 2. The van der Waals surface area contributed by atoms with Crippen LogP contribution < -0.4 is 9.64 Å². The van der Waals surface area contributed by atoms with Gasteiger partial charge in [-0.1, -0.05) is 0 Å². The molecule has 3 nitrogen and oxygen atoms in total. The number of benzene rings is 1.